The quantitative estimate of drug-likeness (QED) is 0.0481. The van der Waals surface area contributed by atoms with Crippen molar-refractivity contribution < 1.29 is 58.2 Å². The highest BCUT2D eigenvalue weighted by Gasteiger charge is 2.46. The summed E-state index contributed by atoms with van der Waals surface area (Å²) in [5.74, 6) is -7.41. The molecule has 3 fully saturated rings. The summed E-state index contributed by atoms with van der Waals surface area (Å²) in [6, 6.07) is -3.53. The topological polar surface area (TPSA) is 307 Å². The second kappa shape index (κ2) is 22.4. The van der Waals surface area contributed by atoms with E-state index in [2.05, 4.69) is 26.0 Å². The molecule has 4 rings (SSSR count). The first kappa shape index (κ1) is 49.7. The number of likely N-dealkylation sites (tertiary alicyclic amines) is 1. The first-order valence-electron chi connectivity index (χ1n) is 21.5. The van der Waals surface area contributed by atoms with Crippen LogP contribution in [0.25, 0.3) is 0 Å². The average molecular weight is 884 g/mol. The number of methoxy groups -OCH3 is 1. The number of non-ortho nitro benzene ring substituents is 1. The predicted molar refractivity (Wildman–Crippen MR) is 225 cm³/mol. The van der Waals surface area contributed by atoms with E-state index in [1.807, 2.05) is 0 Å². The Labute approximate surface area is 365 Å². The molecular formula is C43H61N7O13. The fourth-order valence-corrected chi connectivity index (χ4v) is 8.65. The van der Waals surface area contributed by atoms with E-state index >= 15 is 0 Å². The molecule has 2 saturated carbocycles. The number of amides is 6. The molecule has 1 aromatic carbocycles. The Morgan fingerprint density at radius 2 is 1.49 bits per heavy atom. The number of aliphatic hydroxyl groups is 1. The van der Waals surface area contributed by atoms with E-state index < -0.39 is 111 Å². The van der Waals surface area contributed by atoms with Crippen LogP contribution in [0.15, 0.2) is 30.4 Å². The van der Waals surface area contributed by atoms with E-state index in [0.717, 1.165) is 81.6 Å². The van der Waals surface area contributed by atoms with Gasteiger partial charge in [0.15, 0.2) is 0 Å². The highest BCUT2D eigenvalue weighted by atomic mass is 16.6. The van der Waals surface area contributed by atoms with Crippen molar-refractivity contribution in [3.63, 3.8) is 0 Å². The SMILES string of the molecule is COC(=O)/C=C/CC[C@H](NC(=O)c1ccc([N+](=O)[O-])cc1C(=O)O)C(=O)N[C@H](C(=O)N1C[C@H](O)C[C@H]1C(=O)N[C@H](C(=O)N[C@H](C(N)=O)C1CCCCC1)C1CCCCC1)C(C)(C)C. The van der Waals surface area contributed by atoms with Crippen LogP contribution in [0.2, 0.25) is 0 Å². The van der Waals surface area contributed by atoms with Crippen molar-refractivity contribution in [3.05, 3.63) is 51.6 Å². The minimum Gasteiger partial charge on any atom is -0.478 e. The summed E-state index contributed by atoms with van der Waals surface area (Å²) >= 11 is 0. The summed E-state index contributed by atoms with van der Waals surface area (Å²) in [4.78, 5) is 118. The van der Waals surface area contributed by atoms with Crippen LogP contribution >= 0.6 is 0 Å². The number of nitro benzene ring substituents is 1. The number of ether oxygens (including phenoxy) is 1. The molecule has 8 N–H and O–H groups in total. The fraction of sp³-hybridized carbons (Fsp3) is 0.628. The first-order valence-corrected chi connectivity index (χ1v) is 21.5. The molecular weight excluding hydrogens is 823 g/mol. The Kier molecular flexibility index (Phi) is 17.7. The maximum atomic E-state index is 14.6. The summed E-state index contributed by atoms with van der Waals surface area (Å²) in [5.41, 5.74) is 2.95. The van der Waals surface area contributed by atoms with Gasteiger partial charge in [-0.3, -0.25) is 38.9 Å². The van der Waals surface area contributed by atoms with Gasteiger partial charge >= 0.3 is 11.9 Å². The summed E-state index contributed by atoms with van der Waals surface area (Å²) < 4.78 is 4.59. The second-order valence-electron chi connectivity index (χ2n) is 17.7. The number of aliphatic hydroxyl groups excluding tert-OH is 1. The standard InChI is InChI=1S/C43H61N7O13/c1-43(2,3)35(48-38(55)30(17-11-12-18-32(52)63-4)45-37(54)28-20-19-26(50(61)62)21-29(28)42(59)60)41(58)49-23-27(51)22-31(49)39(56)47-34(25-15-9-6-10-16-25)40(57)46-33(36(44)53)24-13-7-5-8-14-24/h12,18-21,24-25,27,30-31,33-35,51H,5-11,13-17,22-23H2,1-4H3,(H2,44,53)(H,45,54)(H,46,57)(H,47,56)(H,48,55)(H,59,60)/b18-12+/t27-,30+,31+,33+,34+,35-/m1/s1. The van der Waals surface area contributed by atoms with Crippen LogP contribution < -0.4 is 27.0 Å². The third-order valence-corrected chi connectivity index (χ3v) is 12.1. The van der Waals surface area contributed by atoms with Crippen LogP contribution in [-0.2, 0) is 33.5 Å². The van der Waals surface area contributed by atoms with E-state index in [9.17, 15) is 58.7 Å². The maximum Gasteiger partial charge on any atom is 0.336 e. The number of carboxylic acids is 1. The third kappa shape index (κ3) is 13.5. The zero-order chi connectivity index (χ0) is 46.6. The Morgan fingerprint density at radius 3 is 2.03 bits per heavy atom. The van der Waals surface area contributed by atoms with Gasteiger partial charge in [0.2, 0.25) is 29.5 Å². The summed E-state index contributed by atoms with van der Waals surface area (Å²) in [6.45, 7) is 4.64. The number of benzene rings is 1. The molecule has 3 aliphatic rings. The number of rotatable bonds is 18. The van der Waals surface area contributed by atoms with Gasteiger partial charge in [-0.05, 0) is 61.8 Å². The Bertz CT molecular complexity index is 1920. The lowest BCUT2D eigenvalue weighted by molar-refractivity contribution is -0.384. The van der Waals surface area contributed by atoms with Crippen molar-refractivity contribution in [2.45, 2.75) is 141 Å². The third-order valence-electron chi connectivity index (χ3n) is 12.1. The van der Waals surface area contributed by atoms with Crippen molar-refractivity contribution in [3.8, 4) is 0 Å². The van der Waals surface area contributed by atoms with Gasteiger partial charge in [0.25, 0.3) is 11.6 Å². The lowest BCUT2D eigenvalue weighted by Gasteiger charge is -2.37. The lowest BCUT2D eigenvalue weighted by atomic mass is 9.81. The minimum absolute atomic E-state index is 0.00475. The maximum absolute atomic E-state index is 14.6. The van der Waals surface area contributed by atoms with Crippen molar-refractivity contribution in [2.24, 2.45) is 23.0 Å². The zero-order valence-corrected chi connectivity index (χ0v) is 36.3. The molecule has 6 atom stereocenters. The van der Waals surface area contributed by atoms with Crippen molar-refractivity contribution in [1.29, 1.82) is 0 Å². The van der Waals surface area contributed by atoms with Gasteiger partial charge in [-0.25, -0.2) is 9.59 Å². The molecule has 1 saturated heterocycles. The molecule has 0 spiro atoms. The van der Waals surface area contributed by atoms with Gasteiger partial charge in [-0.15, -0.1) is 0 Å². The van der Waals surface area contributed by atoms with Gasteiger partial charge in [-0.2, -0.15) is 0 Å². The highest BCUT2D eigenvalue weighted by molar-refractivity contribution is 6.06. The van der Waals surface area contributed by atoms with Crippen LogP contribution in [0.5, 0.6) is 0 Å². The molecule has 0 bridgehead atoms. The Balaban J connectivity index is 1.59. The Hall–Kier alpha value is -5.92. The van der Waals surface area contributed by atoms with Gasteiger partial charge < -0.3 is 46.9 Å². The average Bonchev–Trinajstić information content (AvgIpc) is 3.65. The molecule has 0 aromatic heterocycles. The number of nitrogens with two attached hydrogens (primary N) is 1. The van der Waals surface area contributed by atoms with E-state index in [-0.39, 0.29) is 37.6 Å². The lowest BCUT2D eigenvalue weighted by Crippen LogP contribution is -2.62. The number of carbonyl (C=O) groups excluding carboxylic acids is 7. The van der Waals surface area contributed by atoms with Crippen LogP contribution in [0.1, 0.15) is 125 Å². The number of carboxylic acid groups (broad SMARTS) is 1. The molecule has 20 heteroatoms. The van der Waals surface area contributed by atoms with E-state index in [4.69, 9.17) is 5.73 Å². The molecule has 1 aliphatic heterocycles. The van der Waals surface area contributed by atoms with Crippen LogP contribution in [0, 0.1) is 27.4 Å². The Morgan fingerprint density at radius 1 is 0.889 bits per heavy atom. The van der Waals surface area contributed by atoms with Gasteiger partial charge in [0, 0.05) is 31.2 Å². The molecule has 0 unspecified atom stereocenters. The monoisotopic (exact) mass is 883 g/mol. The number of nitro groups is 1. The molecule has 1 heterocycles. The number of nitrogens with zero attached hydrogens (tertiary/aromatic N) is 2. The van der Waals surface area contributed by atoms with Gasteiger partial charge in [0.05, 0.1) is 29.3 Å². The number of carbonyl (C=O) groups is 8. The number of nitrogens with one attached hydrogen (secondary N) is 4. The molecule has 6 amide bonds. The van der Waals surface area contributed by atoms with E-state index in [1.54, 1.807) is 20.8 Å². The first-order chi connectivity index (χ1) is 29.7. The molecule has 346 valence electrons. The van der Waals surface area contributed by atoms with Crippen molar-refractivity contribution in [2.75, 3.05) is 13.7 Å². The van der Waals surface area contributed by atoms with E-state index in [0.29, 0.717) is 18.9 Å². The minimum atomic E-state index is -1.64. The van der Waals surface area contributed by atoms with Crippen molar-refractivity contribution >= 4 is 53.1 Å². The number of β-amino-alcohol motifs (C(OH)–C–C–N with tert-alkyl or cyclic N) is 1. The molecule has 63 heavy (non-hydrogen) atoms. The van der Waals surface area contributed by atoms with Crippen LogP contribution in [0.4, 0.5) is 5.69 Å². The normalized spacial score (nSPS) is 20.4. The molecule has 20 nitrogen and oxygen atoms in total. The summed E-state index contributed by atoms with van der Waals surface area (Å²) in [7, 11) is 1.16. The van der Waals surface area contributed by atoms with Crippen molar-refractivity contribution in [1.82, 2.24) is 26.2 Å². The number of hydrogen-bond donors (Lipinski definition) is 7. The smallest absolute Gasteiger partial charge is 0.336 e. The number of esters is 1. The molecule has 1 aromatic rings. The number of allylic oxidation sites excluding steroid dienone is 1. The highest BCUT2D eigenvalue weighted by Crippen LogP contribution is 2.31. The molecule has 0 radical (unpaired) electrons. The van der Waals surface area contributed by atoms with E-state index in [1.165, 1.54) is 6.08 Å². The zero-order valence-electron chi connectivity index (χ0n) is 36.3. The number of hydrogen-bond acceptors (Lipinski definition) is 12. The van der Waals surface area contributed by atoms with Gasteiger partial charge in [0.1, 0.15) is 30.2 Å². The summed E-state index contributed by atoms with van der Waals surface area (Å²) in [6.07, 6.45) is 9.10. The fourth-order valence-electron chi connectivity index (χ4n) is 8.65. The second-order valence-corrected chi connectivity index (χ2v) is 17.7. The number of aromatic carboxylic acids is 1. The van der Waals surface area contributed by atoms with Gasteiger partial charge in [-0.1, -0.05) is 65.4 Å². The predicted octanol–water partition coefficient (Wildman–Crippen LogP) is 2.01. The van der Waals surface area contributed by atoms with Crippen LogP contribution in [0.3, 0.4) is 0 Å². The summed E-state index contributed by atoms with van der Waals surface area (Å²) in [5, 5.41) is 42.8. The number of primary amides is 1. The molecule has 2 aliphatic carbocycles. The van der Waals surface area contributed by atoms with Crippen LogP contribution in [-0.4, -0.2) is 117 Å². The largest absolute Gasteiger partial charge is 0.478 e.